The number of hydrogen-bond donors (Lipinski definition) is 0. The molecular weight excluding hydrogens is 283 g/mol. The Morgan fingerprint density at radius 1 is 1.38 bits per heavy atom. The maximum absolute atomic E-state index is 10.5. The zero-order valence-electron chi connectivity index (χ0n) is 3.57. The molecule has 8 heavy (non-hydrogen) atoms. The molecule has 5 heteroatoms. The Balaban J connectivity index is 3.65. The van der Waals surface area contributed by atoms with E-state index in [1.807, 2.05) is 0 Å². The van der Waals surface area contributed by atoms with Crippen molar-refractivity contribution in [3.8, 4) is 0 Å². The number of hydrogen-bond acceptors (Lipinski definition) is 1. The van der Waals surface area contributed by atoms with Gasteiger partial charge in [-0.15, -0.1) is 0 Å². The minimum Gasteiger partial charge on any atom is -0.294 e. The van der Waals surface area contributed by atoms with E-state index in [-0.39, 0.29) is 5.78 Å². The average molecular weight is 285 g/mol. The topological polar surface area (TPSA) is 17.1 Å². The van der Waals surface area contributed by atoms with Gasteiger partial charge in [0.15, 0.2) is 10.6 Å². The Morgan fingerprint density at radius 2 is 1.75 bits per heavy atom. The third-order valence-electron chi connectivity index (χ3n) is 0.430. The predicted octanol–water partition coefficient (Wildman–Crippen LogP) is 2.48. The third kappa shape index (κ3) is 3.28. The van der Waals surface area contributed by atoms with Crippen LogP contribution in [0.1, 0.15) is 0 Å². The van der Waals surface area contributed by atoms with E-state index < -0.39 is 8.57 Å². The van der Waals surface area contributed by atoms with Gasteiger partial charge in [-0.25, -0.2) is 0 Å². The van der Waals surface area contributed by atoms with Crippen LogP contribution in [-0.4, -0.2) is 14.4 Å². The number of ketones is 1. The number of rotatable bonds is 2. The summed E-state index contributed by atoms with van der Waals surface area (Å²) in [6, 6.07) is 0. The fraction of sp³-hybridized carbons (Fsp3) is 0.667. The van der Waals surface area contributed by atoms with Gasteiger partial charge >= 0.3 is 0 Å². The zero-order chi connectivity index (χ0) is 6.73. The molecule has 0 aromatic heterocycles. The second-order valence-electron chi connectivity index (χ2n) is 1.00. The van der Waals surface area contributed by atoms with E-state index in [9.17, 15) is 4.79 Å². The maximum atomic E-state index is 10.5. The van der Waals surface area contributed by atoms with Gasteiger partial charge in [-0.2, -0.15) is 0 Å². The Hall–Kier alpha value is 1.21. The maximum Gasteiger partial charge on any atom is 0.189 e. The van der Waals surface area contributed by atoms with E-state index in [0.717, 1.165) is 0 Å². The van der Waals surface area contributed by atoms with Crippen LogP contribution >= 0.6 is 55.1 Å². The highest BCUT2D eigenvalue weighted by atomic mass is 79.9. The highest BCUT2D eigenvalue weighted by molar-refractivity contribution is 9.25. The van der Waals surface area contributed by atoms with Gasteiger partial charge in [0.05, 0.1) is 0 Å². The first kappa shape index (κ1) is 9.21. The van der Waals surface area contributed by atoms with Crippen molar-refractivity contribution in [1.82, 2.24) is 0 Å². The van der Waals surface area contributed by atoms with Crippen LogP contribution in [0.4, 0.5) is 0 Å². The molecule has 0 atom stereocenters. The highest BCUT2D eigenvalue weighted by Crippen LogP contribution is 2.16. The van der Waals surface area contributed by atoms with Gasteiger partial charge in [-0.3, -0.25) is 4.79 Å². The lowest BCUT2D eigenvalue weighted by Gasteiger charge is -1.98. The molecule has 0 aliphatic heterocycles. The monoisotopic (exact) mass is 282 g/mol. The summed E-state index contributed by atoms with van der Waals surface area (Å²) in [5.41, 5.74) is 0. The zero-order valence-corrected chi connectivity index (χ0v) is 8.26. The van der Waals surface area contributed by atoms with Crippen LogP contribution in [0.2, 0.25) is 0 Å². The van der Waals surface area contributed by atoms with Gasteiger partial charge in [0.1, 0.15) is 3.74 Å². The van der Waals surface area contributed by atoms with E-state index in [1.165, 1.54) is 0 Å². The third-order valence-corrected chi connectivity index (χ3v) is 1.76. The minimum atomic E-state index is -0.946. The lowest BCUT2D eigenvalue weighted by atomic mass is 10.5. The molecule has 0 heterocycles. The van der Waals surface area contributed by atoms with Gasteiger partial charge in [0.25, 0.3) is 0 Å². The van der Waals surface area contributed by atoms with Crippen molar-refractivity contribution < 1.29 is 4.79 Å². The van der Waals surface area contributed by atoms with Crippen LogP contribution in [-0.2, 0) is 4.79 Å². The molecule has 0 aromatic carbocycles. The van der Waals surface area contributed by atoms with Crippen LogP contribution in [0.5, 0.6) is 0 Å². The standard InChI is InChI=1S/C3H2Br2Cl2O/c4-2(5)1(8)3(6)7/h2-3H. The van der Waals surface area contributed by atoms with Crippen LogP contribution in [0.3, 0.4) is 0 Å². The van der Waals surface area contributed by atoms with E-state index in [1.54, 1.807) is 0 Å². The SMILES string of the molecule is O=C(C(Cl)Cl)C(Br)Br. The Morgan fingerprint density at radius 3 is 1.75 bits per heavy atom. The summed E-state index contributed by atoms with van der Waals surface area (Å²) in [4.78, 5) is 9.54. The molecule has 0 radical (unpaired) electrons. The Labute approximate surface area is 74.0 Å². The molecule has 0 bridgehead atoms. The van der Waals surface area contributed by atoms with Crippen molar-refractivity contribution in [2.75, 3.05) is 0 Å². The van der Waals surface area contributed by atoms with Crippen LogP contribution in [0.25, 0.3) is 0 Å². The van der Waals surface area contributed by atoms with Crippen molar-refractivity contribution in [2.45, 2.75) is 8.57 Å². The molecule has 0 rings (SSSR count). The number of alkyl halides is 4. The van der Waals surface area contributed by atoms with E-state index in [0.29, 0.717) is 0 Å². The molecule has 48 valence electrons. The van der Waals surface area contributed by atoms with Crippen LogP contribution in [0.15, 0.2) is 0 Å². The lowest BCUT2D eigenvalue weighted by molar-refractivity contribution is -0.115. The normalized spacial score (nSPS) is 10.8. The summed E-state index contributed by atoms with van der Waals surface area (Å²) in [5, 5.41) is 0. The molecule has 0 N–H and O–H groups in total. The molecule has 0 amide bonds. The van der Waals surface area contributed by atoms with E-state index >= 15 is 0 Å². The quantitative estimate of drug-likeness (QED) is 0.712. The largest absolute Gasteiger partial charge is 0.294 e. The Kier molecular flexibility index (Phi) is 4.71. The molecular formula is C3H2Br2Cl2O. The molecule has 0 spiro atoms. The molecule has 1 nitrogen and oxygen atoms in total. The van der Waals surface area contributed by atoms with Crippen molar-refractivity contribution in [3.05, 3.63) is 0 Å². The van der Waals surface area contributed by atoms with Gasteiger partial charge in [-0.05, 0) is 0 Å². The number of halogens is 4. The second kappa shape index (κ2) is 4.09. The highest BCUT2D eigenvalue weighted by Gasteiger charge is 2.17. The first-order valence-corrected chi connectivity index (χ1v) is 4.36. The summed E-state index contributed by atoms with van der Waals surface area (Å²) < 4.78 is -0.435. The average Bonchev–Trinajstić information content (AvgIpc) is 1.64. The van der Waals surface area contributed by atoms with Gasteiger partial charge in [0.2, 0.25) is 0 Å². The minimum absolute atomic E-state index is 0.284. The Bertz CT molecular complexity index is 83.3. The molecule has 0 saturated heterocycles. The fourth-order valence-corrected chi connectivity index (χ4v) is 1.48. The molecule has 0 aliphatic rings. The van der Waals surface area contributed by atoms with Crippen molar-refractivity contribution in [1.29, 1.82) is 0 Å². The smallest absolute Gasteiger partial charge is 0.189 e. The summed E-state index contributed by atoms with van der Waals surface area (Å²) in [7, 11) is 0. The van der Waals surface area contributed by atoms with Crippen molar-refractivity contribution in [2.24, 2.45) is 0 Å². The number of carbonyl (C=O) groups excluding carboxylic acids is 1. The predicted molar refractivity (Wildman–Crippen MR) is 42.1 cm³/mol. The summed E-state index contributed by atoms with van der Waals surface area (Å²) in [6.07, 6.45) is 0. The first-order chi connectivity index (χ1) is 3.55. The molecule has 0 fully saturated rings. The fourth-order valence-electron chi connectivity index (χ4n) is 0.0952. The van der Waals surface area contributed by atoms with Gasteiger partial charge in [-0.1, -0.05) is 55.1 Å². The summed E-state index contributed by atoms with van der Waals surface area (Å²) in [5.74, 6) is -0.284. The summed E-state index contributed by atoms with van der Waals surface area (Å²) in [6.45, 7) is 0. The number of Topliss-reactive ketones (excluding diaryl/α,β-unsaturated/α-hetero) is 1. The summed E-state index contributed by atoms with van der Waals surface area (Å²) >= 11 is 16.2. The van der Waals surface area contributed by atoms with Crippen LogP contribution < -0.4 is 0 Å². The van der Waals surface area contributed by atoms with Crippen molar-refractivity contribution in [3.63, 3.8) is 0 Å². The van der Waals surface area contributed by atoms with E-state index in [2.05, 4.69) is 31.9 Å². The van der Waals surface area contributed by atoms with Gasteiger partial charge in [0, 0.05) is 0 Å². The molecule has 0 unspecified atom stereocenters. The lowest BCUT2D eigenvalue weighted by Crippen LogP contribution is -2.14. The molecule has 0 aromatic rings. The van der Waals surface area contributed by atoms with Crippen LogP contribution in [0, 0.1) is 0 Å². The first-order valence-electron chi connectivity index (χ1n) is 1.65. The molecule has 0 saturated carbocycles. The van der Waals surface area contributed by atoms with Crippen molar-refractivity contribution >= 4 is 60.8 Å². The molecule has 0 aliphatic carbocycles. The van der Waals surface area contributed by atoms with E-state index in [4.69, 9.17) is 23.2 Å². The number of carbonyl (C=O) groups is 1. The van der Waals surface area contributed by atoms with Gasteiger partial charge < -0.3 is 0 Å². The second-order valence-corrected chi connectivity index (χ2v) is 5.16.